The Hall–Kier alpha value is -0.930. The van der Waals surface area contributed by atoms with Gasteiger partial charge in [0.2, 0.25) is 0 Å². The molecular formula is C15H22FNO. The summed E-state index contributed by atoms with van der Waals surface area (Å²) in [4.78, 5) is 0. The van der Waals surface area contributed by atoms with Gasteiger partial charge in [-0.05, 0) is 49.9 Å². The lowest BCUT2D eigenvalue weighted by molar-refractivity contribution is 0.0560. The van der Waals surface area contributed by atoms with Crippen LogP contribution in [0.1, 0.15) is 38.2 Å². The molecule has 1 aromatic carbocycles. The summed E-state index contributed by atoms with van der Waals surface area (Å²) >= 11 is 0. The molecule has 1 aromatic rings. The van der Waals surface area contributed by atoms with E-state index in [2.05, 4.69) is 5.32 Å². The maximum absolute atomic E-state index is 12.8. The van der Waals surface area contributed by atoms with E-state index < -0.39 is 5.60 Å². The zero-order chi connectivity index (χ0) is 13.0. The maximum atomic E-state index is 12.8. The lowest BCUT2D eigenvalue weighted by atomic mass is 9.95. The quantitative estimate of drug-likeness (QED) is 0.843. The second-order valence-corrected chi connectivity index (χ2v) is 5.56. The van der Waals surface area contributed by atoms with E-state index in [1.165, 1.54) is 37.8 Å². The minimum absolute atomic E-state index is 0.270. The van der Waals surface area contributed by atoms with Crippen LogP contribution >= 0.6 is 0 Å². The molecule has 0 heterocycles. The highest BCUT2D eigenvalue weighted by molar-refractivity contribution is 5.22. The van der Waals surface area contributed by atoms with E-state index in [1.54, 1.807) is 19.1 Å². The molecule has 18 heavy (non-hydrogen) atoms. The summed E-state index contributed by atoms with van der Waals surface area (Å²) < 4.78 is 12.8. The third kappa shape index (κ3) is 3.53. The van der Waals surface area contributed by atoms with Crippen LogP contribution in [0.3, 0.4) is 0 Å². The number of hydrogen-bond acceptors (Lipinski definition) is 2. The van der Waals surface area contributed by atoms with Gasteiger partial charge in [0.15, 0.2) is 0 Å². The van der Waals surface area contributed by atoms with E-state index in [0.29, 0.717) is 6.54 Å². The topological polar surface area (TPSA) is 32.3 Å². The van der Waals surface area contributed by atoms with Crippen LogP contribution in [0.25, 0.3) is 0 Å². The molecular weight excluding hydrogens is 229 g/mol. The first-order chi connectivity index (χ1) is 8.58. The largest absolute Gasteiger partial charge is 0.384 e. The number of aliphatic hydroxyl groups is 1. The SMILES string of the molecule is CC(O)(CNCC1CCCC1)c1ccc(F)cc1. The molecule has 0 aromatic heterocycles. The normalized spacial score (nSPS) is 19.9. The van der Waals surface area contributed by atoms with Gasteiger partial charge in [0.25, 0.3) is 0 Å². The zero-order valence-corrected chi connectivity index (χ0v) is 11.0. The third-order valence-corrected chi connectivity index (χ3v) is 3.84. The average molecular weight is 251 g/mol. The predicted molar refractivity (Wildman–Crippen MR) is 70.8 cm³/mol. The molecule has 2 N–H and O–H groups in total. The molecule has 3 heteroatoms. The summed E-state index contributed by atoms with van der Waals surface area (Å²) in [5, 5.41) is 13.7. The van der Waals surface area contributed by atoms with E-state index in [1.807, 2.05) is 0 Å². The van der Waals surface area contributed by atoms with Gasteiger partial charge in [0.05, 0.1) is 5.60 Å². The summed E-state index contributed by atoms with van der Waals surface area (Å²) in [5.41, 5.74) is -0.186. The smallest absolute Gasteiger partial charge is 0.123 e. The molecule has 2 nitrogen and oxygen atoms in total. The first-order valence-corrected chi connectivity index (χ1v) is 6.77. The van der Waals surface area contributed by atoms with Crippen molar-refractivity contribution in [2.24, 2.45) is 5.92 Å². The molecule has 1 saturated carbocycles. The van der Waals surface area contributed by atoms with Crippen molar-refractivity contribution in [1.82, 2.24) is 5.32 Å². The molecule has 0 saturated heterocycles. The summed E-state index contributed by atoms with van der Waals surface area (Å²) in [5.74, 6) is 0.488. The van der Waals surface area contributed by atoms with Gasteiger partial charge in [-0.2, -0.15) is 0 Å². The van der Waals surface area contributed by atoms with Crippen LogP contribution in [-0.2, 0) is 5.60 Å². The van der Waals surface area contributed by atoms with Crippen LogP contribution in [0.15, 0.2) is 24.3 Å². The average Bonchev–Trinajstić information content (AvgIpc) is 2.82. The maximum Gasteiger partial charge on any atom is 0.123 e. The van der Waals surface area contributed by atoms with Crippen LogP contribution in [-0.4, -0.2) is 18.2 Å². The molecule has 0 spiro atoms. The summed E-state index contributed by atoms with van der Waals surface area (Å²) in [6.45, 7) is 3.24. The Morgan fingerprint density at radius 1 is 1.28 bits per heavy atom. The van der Waals surface area contributed by atoms with Crippen LogP contribution in [0.4, 0.5) is 4.39 Å². The van der Waals surface area contributed by atoms with Crippen molar-refractivity contribution in [3.8, 4) is 0 Å². The number of benzene rings is 1. The second kappa shape index (κ2) is 5.81. The second-order valence-electron chi connectivity index (χ2n) is 5.56. The Labute approximate surface area is 108 Å². The van der Waals surface area contributed by atoms with Crippen LogP contribution in [0.2, 0.25) is 0 Å². The van der Waals surface area contributed by atoms with Gasteiger partial charge in [0, 0.05) is 6.54 Å². The standard InChI is InChI=1S/C15H22FNO/c1-15(18,13-6-8-14(16)9-7-13)11-17-10-12-4-2-3-5-12/h6-9,12,17-18H,2-5,10-11H2,1H3. The molecule has 2 rings (SSSR count). The van der Waals surface area contributed by atoms with E-state index >= 15 is 0 Å². The monoisotopic (exact) mass is 251 g/mol. The lowest BCUT2D eigenvalue weighted by Gasteiger charge is -2.25. The van der Waals surface area contributed by atoms with Gasteiger partial charge >= 0.3 is 0 Å². The highest BCUT2D eigenvalue weighted by Gasteiger charge is 2.23. The fraction of sp³-hybridized carbons (Fsp3) is 0.600. The fourth-order valence-electron chi connectivity index (χ4n) is 2.65. The van der Waals surface area contributed by atoms with Gasteiger partial charge in [-0.25, -0.2) is 4.39 Å². The Bertz CT molecular complexity index is 369. The minimum atomic E-state index is -0.938. The molecule has 1 aliphatic carbocycles. The van der Waals surface area contributed by atoms with Gasteiger partial charge in [0.1, 0.15) is 5.82 Å². The number of hydrogen-bond donors (Lipinski definition) is 2. The highest BCUT2D eigenvalue weighted by atomic mass is 19.1. The first-order valence-electron chi connectivity index (χ1n) is 6.77. The Morgan fingerprint density at radius 2 is 1.89 bits per heavy atom. The summed E-state index contributed by atoms with van der Waals surface area (Å²) in [6, 6.07) is 6.07. The van der Waals surface area contributed by atoms with Gasteiger partial charge in [-0.3, -0.25) is 0 Å². The van der Waals surface area contributed by atoms with E-state index in [4.69, 9.17) is 0 Å². The minimum Gasteiger partial charge on any atom is -0.384 e. The molecule has 1 unspecified atom stereocenters. The molecule has 0 radical (unpaired) electrons. The van der Waals surface area contributed by atoms with E-state index in [0.717, 1.165) is 18.0 Å². The number of halogens is 1. The van der Waals surface area contributed by atoms with Crippen molar-refractivity contribution in [1.29, 1.82) is 0 Å². The van der Waals surface area contributed by atoms with Crippen molar-refractivity contribution in [3.63, 3.8) is 0 Å². The molecule has 100 valence electrons. The summed E-state index contributed by atoms with van der Waals surface area (Å²) in [7, 11) is 0. The summed E-state index contributed by atoms with van der Waals surface area (Å²) in [6.07, 6.45) is 5.26. The zero-order valence-electron chi connectivity index (χ0n) is 11.0. The molecule has 0 bridgehead atoms. The van der Waals surface area contributed by atoms with Gasteiger partial charge < -0.3 is 10.4 Å². The number of rotatable bonds is 5. The Morgan fingerprint density at radius 3 is 2.50 bits per heavy atom. The molecule has 1 aliphatic rings. The van der Waals surface area contributed by atoms with Gasteiger partial charge in [-0.1, -0.05) is 25.0 Å². The van der Waals surface area contributed by atoms with Crippen molar-refractivity contribution in [2.45, 2.75) is 38.2 Å². The van der Waals surface area contributed by atoms with Crippen molar-refractivity contribution in [2.75, 3.05) is 13.1 Å². The molecule has 1 atom stereocenters. The molecule has 1 fully saturated rings. The van der Waals surface area contributed by atoms with Gasteiger partial charge in [-0.15, -0.1) is 0 Å². The predicted octanol–water partition coefficient (Wildman–Crippen LogP) is 2.81. The van der Waals surface area contributed by atoms with Crippen molar-refractivity contribution in [3.05, 3.63) is 35.6 Å². The van der Waals surface area contributed by atoms with Crippen molar-refractivity contribution >= 4 is 0 Å². The van der Waals surface area contributed by atoms with Crippen LogP contribution in [0.5, 0.6) is 0 Å². The Balaban J connectivity index is 1.84. The van der Waals surface area contributed by atoms with E-state index in [9.17, 15) is 9.50 Å². The van der Waals surface area contributed by atoms with Crippen LogP contribution < -0.4 is 5.32 Å². The third-order valence-electron chi connectivity index (χ3n) is 3.84. The lowest BCUT2D eigenvalue weighted by Crippen LogP contribution is -2.37. The first kappa shape index (κ1) is 13.5. The number of nitrogens with one attached hydrogen (secondary N) is 1. The van der Waals surface area contributed by atoms with Crippen molar-refractivity contribution < 1.29 is 9.50 Å². The molecule has 0 aliphatic heterocycles. The Kier molecular flexibility index (Phi) is 4.36. The van der Waals surface area contributed by atoms with E-state index in [-0.39, 0.29) is 5.82 Å². The fourth-order valence-corrected chi connectivity index (χ4v) is 2.65. The highest BCUT2D eigenvalue weighted by Crippen LogP contribution is 2.24. The molecule has 0 amide bonds. The van der Waals surface area contributed by atoms with Crippen LogP contribution in [0, 0.1) is 11.7 Å².